The van der Waals surface area contributed by atoms with E-state index in [2.05, 4.69) is 0 Å². The third-order valence-electron chi connectivity index (χ3n) is 5.04. The number of nitrogens with two attached hydrogens (primary N) is 2. The first-order chi connectivity index (χ1) is 11.9. The maximum Gasteiger partial charge on any atom is 0.0693 e. The third-order valence-corrected chi connectivity index (χ3v) is 6.29. The van der Waals surface area contributed by atoms with Crippen LogP contribution in [0.1, 0.15) is 49.1 Å². The summed E-state index contributed by atoms with van der Waals surface area (Å²) in [7, 11) is 0. The molecule has 0 unspecified atom stereocenters. The van der Waals surface area contributed by atoms with E-state index in [0.717, 1.165) is 24.0 Å². The second-order valence-electron chi connectivity index (χ2n) is 6.67. The minimum absolute atomic E-state index is 0.103. The molecular weight excluding hydrogens is 398 g/mol. The van der Waals surface area contributed by atoms with Gasteiger partial charge in [0.1, 0.15) is 0 Å². The zero-order valence-corrected chi connectivity index (χ0v) is 16.7. The highest BCUT2D eigenvalue weighted by molar-refractivity contribution is 6.39. The smallest absolute Gasteiger partial charge is 0.0693 e. The molecule has 1 saturated carbocycles. The lowest BCUT2D eigenvalue weighted by Gasteiger charge is -2.32. The molecule has 0 spiro atoms. The van der Waals surface area contributed by atoms with Gasteiger partial charge >= 0.3 is 0 Å². The summed E-state index contributed by atoms with van der Waals surface area (Å²) in [6.45, 7) is 0. The van der Waals surface area contributed by atoms with Crippen molar-refractivity contribution in [2.45, 2.75) is 38.0 Å². The summed E-state index contributed by atoms with van der Waals surface area (Å²) in [5, 5.41) is 1.87. The molecule has 0 amide bonds. The quantitative estimate of drug-likeness (QED) is 0.519. The SMILES string of the molecule is Nc1c(Cl)cc(C(c2cc(Cl)c(N)c(Cl)c2)C2CCCCC2)cc1Cl. The van der Waals surface area contributed by atoms with E-state index in [1.807, 2.05) is 24.3 Å². The zero-order chi connectivity index (χ0) is 18.1. The number of anilines is 2. The topological polar surface area (TPSA) is 52.0 Å². The van der Waals surface area contributed by atoms with Crippen LogP contribution in [0.25, 0.3) is 0 Å². The number of halogens is 4. The molecule has 0 bridgehead atoms. The summed E-state index contributed by atoms with van der Waals surface area (Å²) < 4.78 is 0. The molecule has 2 aromatic carbocycles. The fourth-order valence-corrected chi connectivity index (χ4v) is 4.78. The van der Waals surface area contributed by atoms with Gasteiger partial charge in [0.15, 0.2) is 0 Å². The zero-order valence-electron chi connectivity index (χ0n) is 13.7. The predicted molar refractivity (Wildman–Crippen MR) is 110 cm³/mol. The van der Waals surface area contributed by atoms with Gasteiger partial charge in [-0.25, -0.2) is 0 Å². The molecule has 1 fully saturated rings. The molecule has 134 valence electrons. The van der Waals surface area contributed by atoms with Gasteiger partial charge in [0, 0.05) is 5.92 Å². The van der Waals surface area contributed by atoms with Crippen molar-refractivity contribution in [3.05, 3.63) is 55.5 Å². The molecule has 2 aromatic rings. The van der Waals surface area contributed by atoms with Crippen LogP contribution in [0.5, 0.6) is 0 Å². The van der Waals surface area contributed by atoms with E-state index >= 15 is 0 Å². The number of rotatable bonds is 3. The molecule has 1 aliphatic carbocycles. The van der Waals surface area contributed by atoms with Crippen molar-refractivity contribution in [3.8, 4) is 0 Å². The highest BCUT2D eigenvalue weighted by atomic mass is 35.5. The van der Waals surface area contributed by atoms with Gasteiger partial charge in [-0.05, 0) is 54.2 Å². The van der Waals surface area contributed by atoms with Crippen LogP contribution in [-0.2, 0) is 0 Å². The lowest BCUT2D eigenvalue weighted by molar-refractivity contribution is 0.327. The van der Waals surface area contributed by atoms with Gasteiger partial charge < -0.3 is 11.5 Å². The van der Waals surface area contributed by atoms with E-state index in [1.54, 1.807) is 0 Å². The maximum atomic E-state index is 6.30. The molecular formula is C19H20Cl4N2. The number of hydrogen-bond acceptors (Lipinski definition) is 2. The van der Waals surface area contributed by atoms with Crippen LogP contribution < -0.4 is 11.5 Å². The van der Waals surface area contributed by atoms with Gasteiger partial charge in [0.05, 0.1) is 31.5 Å². The van der Waals surface area contributed by atoms with Crippen LogP contribution in [0.2, 0.25) is 20.1 Å². The lowest BCUT2D eigenvalue weighted by Crippen LogP contribution is -2.18. The Kier molecular flexibility index (Phi) is 5.95. The monoisotopic (exact) mass is 416 g/mol. The van der Waals surface area contributed by atoms with Crippen LogP contribution in [0.4, 0.5) is 11.4 Å². The maximum absolute atomic E-state index is 6.30. The Bertz CT molecular complexity index is 681. The van der Waals surface area contributed by atoms with Crippen molar-refractivity contribution in [2.75, 3.05) is 11.5 Å². The summed E-state index contributed by atoms with van der Waals surface area (Å²) in [4.78, 5) is 0. The highest BCUT2D eigenvalue weighted by Gasteiger charge is 2.28. The summed E-state index contributed by atoms with van der Waals surface area (Å²) in [5.74, 6) is 0.576. The van der Waals surface area contributed by atoms with Gasteiger partial charge in [-0.15, -0.1) is 0 Å². The van der Waals surface area contributed by atoms with E-state index in [1.165, 1.54) is 19.3 Å². The summed E-state index contributed by atoms with van der Waals surface area (Å²) >= 11 is 25.2. The Labute approximate surface area is 168 Å². The molecule has 0 aromatic heterocycles. The van der Waals surface area contributed by atoms with Crippen molar-refractivity contribution in [1.29, 1.82) is 0 Å². The van der Waals surface area contributed by atoms with E-state index in [-0.39, 0.29) is 5.92 Å². The van der Waals surface area contributed by atoms with Gasteiger partial charge in [0.25, 0.3) is 0 Å². The van der Waals surface area contributed by atoms with Crippen molar-refractivity contribution < 1.29 is 0 Å². The Balaban J connectivity index is 2.13. The van der Waals surface area contributed by atoms with E-state index in [4.69, 9.17) is 57.9 Å². The largest absolute Gasteiger partial charge is 0.396 e. The summed E-state index contributed by atoms with van der Waals surface area (Å²) in [6, 6.07) is 7.61. The first kappa shape index (κ1) is 19.0. The predicted octanol–water partition coefficient (Wildman–Crippen LogP) is 7.18. The Morgan fingerprint density at radius 1 is 0.680 bits per heavy atom. The Morgan fingerprint density at radius 3 is 1.40 bits per heavy atom. The minimum Gasteiger partial charge on any atom is -0.396 e. The van der Waals surface area contributed by atoms with Crippen molar-refractivity contribution >= 4 is 57.8 Å². The minimum atomic E-state index is 0.103. The van der Waals surface area contributed by atoms with Crippen LogP contribution in [0.15, 0.2) is 24.3 Å². The number of hydrogen-bond donors (Lipinski definition) is 2. The van der Waals surface area contributed by atoms with Crippen molar-refractivity contribution in [2.24, 2.45) is 5.92 Å². The Hall–Kier alpha value is -0.800. The van der Waals surface area contributed by atoms with E-state index in [9.17, 15) is 0 Å². The molecule has 4 N–H and O–H groups in total. The van der Waals surface area contributed by atoms with E-state index in [0.29, 0.717) is 37.4 Å². The molecule has 0 saturated heterocycles. The second kappa shape index (κ2) is 7.84. The average Bonchev–Trinajstić information content (AvgIpc) is 2.58. The fourth-order valence-electron chi connectivity index (χ4n) is 3.77. The summed E-state index contributed by atoms with van der Waals surface area (Å²) in [6.07, 6.45) is 5.99. The van der Waals surface area contributed by atoms with E-state index < -0.39 is 0 Å². The first-order valence-electron chi connectivity index (χ1n) is 8.37. The molecule has 0 atom stereocenters. The number of benzene rings is 2. The molecule has 1 aliphatic rings. The molecule has 0 heterocycles. The molecule has 25 heavy (non-hydrogen) atoms. The highest BCUT2D eigenvalue weighted by Crippen LogP contribution is 2.45. The van der Waals surface area contributed by atoms with Crippen molar-refractivity contribution in [1.82, 2.24) is 0 Å². The van der Waals surface area contributed by atoms with Gasteiger partial charge in [0.2, 0.25) is 0 Å². The van der Waals surface area contributed by atoms with Gasteiger partial charge in [-0.3, -0.25) is 0 Å². The molecule has 2 nitrogen and oxygen atoms in total. The van der Waals surface area contributed by atoms with Gasteiger partial charge in [-0.2, -0.15) is 0 Å². The first-order valence-corrected chi connectivity index (χ1v) is 9.88. The molecule has 6 heteroatoms. The molecule has 0 radical (unpaired) electrons. The summed E-state index contributed by atoms with van der Waals surface area (Å²) in [5.41, 5.74) is 14.7. The van der Waals surface area contributed by atoms with Crippen LogP contribution in [0.3, 0.4) is 0 Å². The lowest BCUT2D eigenvalue weighted by atomic mass is 9.73. The van der Waals surface area contributed by atoms with Crippen LogP contribution in [-0.4, -0.2) is 0 Å². The second-order valence-corrected chi connectivity index (χ2v) is 8.30. The number of nitrogen functional groups attached to an aromatic ring is 2. The van der Waals surface area contributed by atoms with Crippen LogP contribution in [0, 0.1) is 5.92 Å². The van der Waals surface area contributed by atoms with Crippen molar-refractivity contribution in [3.63, 3.8) is 0 Å². The molecule has 3 rings (SSSR count). The fraction of sp³-hybridized carbons (Fsp3) is 0.368. The Morgan fingerprint density at radius 2 is 1.04 bits per heavy atom. The normalized spacial score (nSPS) is 15.7. The third kappa shape index (κ3) is 3.98. The van der Waals surface area contributed by atoms with Gasteiger partial charge in [-0.1, -0.05) is 65.7 Å². The molecule has 0 aliphatic heterocycles. The van der Waals surface area contributed by atoms with Crippen LogP contribution >= 0.6 is 46.4 Å². The standard InChI is InChI=1S/C19H20Cl4N2/c20-13-6-11(7-14(21)18(13)24)17(10-4-2-1-3-5-10)12-8-15(22)19(25)16(23)9-12/h6-10,17H,1-5,24-25H2. The average molecular weight is 418 g/mol.